The molecule has 3 aliphatic rings. The van der Waals surface area contributed by atoms with Crippen molar-refractivity contribution >= 4 is 17.5 Å². The van der Waals surface area contributed by atoms with Crippen LogP contribution in [-0.4, -0.2) is 11.8 Å². The summed E-state index contributed by atoms with van der Waals surface area (Å²) in [5.74, 6) is 0.332. The van der Waals surface area contributed by atoms with E-state index in [0.717, 1.165) is 23.2 Å². The molecule has 102 valence electrons. The molecule has 4 unspecified atom stereocenters. The Kier molecular flexibility index (Phi) is 2.27. The zero-order valence-electron chi connectivity index (χ0n) is 11.7. The Bertz CT molecular complexity index is 631. The van der Waals surface area contributed by atoms with E-state index in [-0.39, 0.29) is 35.5 Å². The van der Waals surface area contributed by atoms with E-state index < -0.39 is 0 Å². The molecule has 2 aliphatic carbocycles. The van der Waals surface area contributed by atoms with Gasteiger partial charge in [-0.05, 0) is 49.3 Å². The minimum atomic E-state index is -0.114. The number of fused-ring (bicyclic) bond motifs is 5. The van der Waals surface area contributed by atoms with Crippen LogP contribution in [0.3, 0.4) is 0 Å². The Hall–Kier alpha value is -1.90. The summed E-state index contributed by atoms with van der Waals surface area (Å²) in [6, 6.07) is 5.93. The van der Waals surface area contributed by atoms with Gasteiger partial charge in [0, 0.05) is 0 Å². The van der Waals surface area contributed by atoms with Crippen molar-refractivity contribution in [2.24, 2.45) is 23.7 Å². The van der Waals surface area contributed by atoms with Crippen LogP contribution in [0.5, 0.6) is 0 Å². The maximum absolute atomic E-state index is 12.7. The van der Waals surface area contributed by atoms with Crippen molar-refractivity contribution in [2.75, 3.05) is 4.90 Å². The standard InChI is InChI=1S/C17H17NO2/c1-9-3-4-10(2)13(7-9)18-16(19)14-11-5-6-12(8-11)15(14)17(18)20/h3-7,11-12,14-15H,8H2,1-2H3. The number of imide groups is 1. The molecule has 4 atom stereocenters. The van der Waals surface area contributed by atoms with Gasteiger partial charge in [0.2, 0.25) is 11.8 Å². The first kappa shape index (κ1) is 11.9. The summed E-state index contributed by atoms with van der Waals surface area (Å²) < 4.78 is 0. The molecule has 3 nitrogen and oxygen atoms in total. The molecule has 0 spiro atoms. The molecule has 4 rings (SSSR count). The van der Waals surface area contributed by atoms with E-state index in [1.807, 2.05) is 32.0 Å². The van der Waals surface area contributed by atoms with Gasteiger partial charge in [-0.3, -0.25) is 9.59 Å². The highest BCUT2D eigenvalue weighted by Gasteiger charge is 2.59. The fourth-order valence-corrected chi connectivity index (χ4v) is 4.10. The summed E-state index contributed by atoms with van der Waals surface area (Å²) in [6.07, 6.45) is 5.24. The highest BCUT2D eigenvalue weighted by Crippen LogP contribution is 2.53. The molecule has 1 aromatic carbocycles. The van der Waals surface area contributed by atoms with E-state index in [0.29, 0.717) is 0 Å². The molecule has 2 amide bonds. The van der Waals surface area contributed by atoms with Crippen molar-refractivity contribution in [1.29, 1.82) is 0 Å². The van der Waals surface area contributed by atoms with Gasteiger partial charge < -0.3 is 0 Å². The lowest BCUT2D eigenvalue weighted by Gasteiger charge is -2.19. The number of benzene rings is 1. The molecule has 1 saturated heterocycles. The molecule has 1 aliphatic heterocycles. The first-order valence-electron chi connectivity index (χ1n) is 7.21. The third-order valence-corrected chi connectivity index (χ3v) is 5.08. The summed E-state index contributed by atoms with van der Waals surface area (Å²) in [5.41, 5.74) is 2.83. The third kappa shape index (κ3) is 1.35. The molecule has 1 saturated carbocycles. The van der Waals surface area contributed by atoms with E-state index in [1.165, 1.54) is 4.90 Å². The van der Waals surface area contributed by atoms with Crippen molar-refractivity contribution < 1.29 is 9.59 Å². The lowest BCUT2D eigenvalue weighted by molar-refractivity contribution is -0.123. The van der Waals surface area contributed by atoms with Gasteiger partial charge in [0.05, 0.1) is 17.5 Å². The van der Waals surface area contributed by atoms with Gasteiger partial charge in [-0.25, -0.2) is 4.90 Å². The SMILES string of the molecule is Cc1ccc(C)c(N2C(=O)C3C4C=CC(C4)C3C2=O)c1. The van der Waals surface area contributed by atoms with Crippen LogP contribution in [0.15, 0.2) is 30.4 Å². The van der Waals surface area contributed by atoms with Crippen molar-refractivity contribution in [3.05, 3.63) is 41.5 Å². The fraction of sp³-hybridized carbons (Fsp3) is 0.412. The number of carbonyl (C=O) groups is 2. The fourth-order valence-electron chi connectivity index (χ4n) is 4.10. The third-order valence-electron chi connectivity index (χ3n) is 5.08. The molecule has 0 aromatic heterocycles. The van der Waals surface area contributed by atoms with Gasteiger partial charge in [-0.1, -0.05) is 24.3 Å². The van der Waals surface area contributed by atoms with Crippen molar-refractivity contribution in [3.63, 3.8) is 0 Å². The summed E-state index contributed by atoms with van der Waals surface area (Å²) in [7, 11) is 0. The maximum atomic E-state index is 12.7. The molecule has 3 heteroatoms. The smallest absolute Gasteiger partial charge is 0.238 e. The second-order valence-electron chi connectivity index (χ2n) is 6.30. The lowest BCUT2D eigenvalue weighted by Crippen LogP contribution is -2.33. The number of nitrogens with zero attached hydrogens (tertiary/aromatic N) is 1. The van der Waals surface area contributed by atoms with Crippen molar-refractivity contribution in [2.45, 2.75) is 20.3 Å². The van der Waals surface area contributed by atoms with E-state index in [1.54, 1.807) is 0 Å². The molecular weight excluding hydrogens is 250 g/mol. The number of anilines is 1. The van der Waals surface area contributed by atoms with Gasteiger partial charge in [0.25, 0.3) is 0 Å². The quantitative estimate of drug-likeness (QED) is 0.579. The number of allylic oxidation sites excluding steroid dienone is 2. The molecule has 2 bridgehead atoms. The molecule has 1 aromatic rings. The second kappa shape index (κ2) is 3.81. The van der Waals surface area contributed by atoms with Crippen LogP contribution in [0.2, 0.25) is 0 Å². The summed E-state index contributed by atoms with van der Waals surface area (Å²) in [5, 5.41) is 0. The van der Waals surface area contributed by atoms with E-state index in [4.69, 9.17) is 0 Å². The van der Waals surface area contributed by atoms with Gasteiger partial charge in [-0.2, -0.15) is 0 Å². The predicted molar refractivity (Wildman–Crippen MR) is 76.1 cm³/mol. The normalized spacial score (nSPS) is 34.2. The zero-order valence-corrected chi connectivity index (χ0v) is 11.7. The summed E-state index contributed by atoms with van der Waals surface area (Å²) in [4.78, 5) is 26.9. The molecular formula is C17H17NO2. The molecule has 1 heterocycles. The van der Waals surface area contributed by atoms with Crippen LogP contribution < -0.4 is 4.90 Å². The van der Waals surface area contributed by atoms with Crippen LogP contribution in [0.1, 0.15) is 17.5 Å². The Balaban J connectivity index is 1.80. The summed E-state index contributed by atoms with van der Waals surface area (Å²) in [6.45, 7) is 3.94. The van der Waals surface area contributed by atoms with Crippen LogP contribution in [0.4, 0.5) is 5.69 Å². The predicted octanol–water partition coefficient (Wildman–Crippen LogP) is 2.61. The first-order valence-corrected chi connectivity index (χ1v) is 7.21. The lowest BCUT2D eigenvalue weighted by atomic mass is 9.85. The largest absolute Gasteiger partial charge is 0.274 e. The van der Waals surface area contributed by atoms with Gasteiger partial charge in [0.1, 0.15) is 0 Å². The number of carbonyl (C=O) groups excluding carboxylic acids is 2. The van der Waals surface area contributed by atoms with Gasteiger partial charge >= 0.3 is 0 Å². The first-order chi connectivity index (χ1) is 9.58. The minimum absolute atomic E-state index is 0.00514. The molecule has 20 heavy (non-hydrogen) atoms. The highest BCUT2D eigenvalue weighted by molar-refractivity contribution is 6.23. The average Bonchev–Trinajstić information content (AvgIpc) is 3.08. The number of amides is 2. The average molecular weight is 267 g/mol. The zero-order chi connectivity index (χ0) is 14.0. The Morgan fingerprint density at radius 1 is 1.00 bits per heavy atom. The molecule has 2 fully saturated rings. The monoisotopic (exact) mass is 267 g/mol. The van der Waals surface area contributed by atoms with Gasteiger partial charge in [0.15, 0.2) is 0 Å². The number of hydrogen-bond donors (Lipinski definition) is 0. The van der Waals surface area contributed by atoms with Gasteiger partial charge in [-0.15, -0.1) is 0 Å². The summed E-state index contributed by atoms with van der Waals surface area (Å²) >= 11 is 0. The number of hydrogen-bond acceptors (Lipinski definition) is 2. The van der Waals surface area contributed by atoms with E-state index in [2.05, 4.69) is 12.2 Å². The Morgan fingerprint density at radius 3 is 2.20 bits per heavy atom. The van der Waals surface area contributed by atoms with Crippen LogP contribution in [0, 0.1) is 37.5 Å². The van der Waals surface area contributed by atoms with Crippen LogP contribution >= 0.6 is 0 Å². The molecule has 0 radical (unpaired) electrons. The number of rotatable bonds is 1. The number of aryl methyl sites for hydroxylation is 2. The van der Waals surface area contributed by atoms with Crippen LogP contribution in [-0.2, 0) is 9.59 Å². The minimum Gasteiger partial charge on any atom is -0.274 e. The maximum Gasteiger partial charge on any atom is 0.238 e. The van der Waals surface area contributed by atoms with Crippen molar-refractivity contribution in [1.82, 2.24) is 0 Å². The van der Waals surface area contributed by atoms with Crippen molar-refractivity contribution in [3.8, 4) is 0 Å². The topological polar surface area (TPSA) is 37.4 Å². The highest BCUT2D eigenvalue weighted by atomic mass is 16.2. The van der Waals surface area contributed by atoms with E-state index in [9.17, 15) is 9.59 Å². The van der Waals surface area contributed by atoms with Crippen LogP contribution in [0.25, 0.3) is 0 Å². The Morgan fingerprint density at radius 2 is 1.60 bits per heavy atom. The molecule has 0 N–H and O–H groups in total. The van der Waals surface area contributed by atoms with E-state index >= 15 is 0 Å². The Labute approximate surface area is 118 Å². The second-order valence-corrected chi connectivity index (χ2v) is 6.30.